The Morgan fingerprint density at radius 2 is 1.68 bits per heavy atom. The number of aliphatic hydroxyl groups is 1. The van der Waals surface area contributed by atoms with E-state index in [9.17, 15) is 5.11 Å². The normalized spacial score (nSPS) is 10.3. The van der Waals surface area contributed by atoms with Crippen molar-refractivity contribution < 1.29 is 5.11 Å². The molecular weight excluding hydrogens is 236 g/mol. The number of hydrogen-bond acceptors (Lipinski definition) is 3. The first-order valence-corrected chi connectivity index (χ1v) is 6.39. The molecule has 2 aromatic rings. The molecule has 2 rings (SSSR count). The summed E-state index contributed by atoms with van der Waals surface area (Å²) >= 11 is 0. The van der Waals surface area contributed by atoms with E-state index in [4.69, 9.17) is 0 Å². The Balaban J connectivity index is 2.02. The predicted molar refractivity (Wildman–Crippen MR) is 80.5 cm³/mol. The second-order valence-corrected chi connectivity index (χ2v) is 4.73. The summed E-state index contributed by atoms with van der Waals surface area (Å²) in [5.41, 5.74) is 4.33. The van der Waals surface area contributed by atoms with Crippen LogP contribution in [-0.4, -0.2) is 19.2 Å². The van der Waals surface area contributed by atoms with Crippen LogP contribution in [0.3, 0.4) is 0 Å². The molecule has 2 aromatic carbocycles. The number of hydrogen-bond donors (Lipinski definition) is 2. The molecule has 0 spiro atoms. The highest BCUT2D eigenvalue weighted by Crippen LogP contribution is 2.17. The van der Waals surface area contributed by atoms with E-state index in [0.717, 1.165) is 17.8 Å². The highest BCUT2D eigenvalue weighted by atomic mass is 16.3. The Morgan fingerprint density at radius 1 is 1.00 bits per heavy atom. The maximum Gasteiger partial charge on any atom is 0.0701 e. The van der Waals surface area contributed by atoms with Crippen molar-refractivity contribution in [1.82, 2.24) is 0 Å². The fourth-order valence-corrected chi connectivity index (χ4v) is 1.94. The Labute approximate surface area is 114 Å². The van der Waals surface area contributed by atoms with Gasteiger partial charge in [-0.2, -0.15) is 0 Å². The Bertz CT molecular complexity index is 521. The molecule has 2 N–H and O–H groups in total. The minimum Gasteiger partial charge on any atom is -0.392 e. The number of anilines is 2. The lowest BCUT2D eigenvalue weighted by Crippen LogP contribution is -2.08. The van der Waals surface area contributed by atoms with Gasteiger partial charge in [0.05, 0.1) is 6.61 Å². The third kappa shape index (κ3) is 3.48. The molecule has 0 aromatic heterocycles. The molecule has 3 nitrogen and oxygen atoms in total. The van der Waals surface area contributed by atoms with Crippen LogP contribution in [0.25, 0.3) is 0 Å². The van der Waals surface area contributed by atoms with E-state index >= 15 is 0 Å². The predicted octanol–water partition coefficient (Wildman–Crippen LogP) is 2.86. The average molecular weight is 256 g/mol. The first-order valence-electron chi connectivity index (χ1n) is 6.39. The summed E-state index contributed by atoms with van der Waals surface area (Å²) < 4.78 is 0. The number of benzene rings is 2. The molecule has 19 heavy (non-hydrogen) atoms. The Hall–Kier alpha value is -2.00. The standard InChI is InChI=1S/C16H20N2O/c1-18(2)15-9-7-13(8-10-15)11-17-16-6-4-3-5-14(16)12-19/h3-10,17,19H,11-12H2,1-2H3. The molecule has 0 saturated carbocycles. The van der Waals surface area contributed by atoms with Crippen LogP contribution in [-0.2, 0) is 13.2 Å². The van der Waals surface area contributed by atoms with Gasteiger partial charge in [0.15, 0.2) is 0 Å². The van der Waals surface area contributed by atoms with Crippen LogP contribution >= 0.6 is 0 Å². The first kappa shape index (κ1) is 13.4. The summed E-state index contributed by atoms with van der Waals surface area (Å²) in [4.78, 5) is 2.08. The van der Waals surface area contributed by atoms with Crippen molar-refractivity contribution in [3.63, 3.8) is 0 Å². The highest BCUT2D eigenvalue weighted by molar-refractivity contribution is 5.52. The van der Waals surface area contributed by atoms with E-state index in [1.807, 2.05) is 38.4 Å². The van der Waals surface area contributed by atoms with Gasteiger partial charge in [0, 0.05) is 37.6 Å². The lowest BCUT2D eigenvalue weighted by molar-refractivity contribution is 0.282. The second-order valence-electron chi connectivity index (χ2n) is 4.73. The van der Waals surface area contributed by atoms with Crippen LogP contribution < -0.4 is 10.2 Å². The number of para-hydroxylation sites is 1. The highest BCUT2D eigenvalue weighted by Gasteiger charge is 2.00. The third-order valence-electron chi connectivity index (χ3n) is 3.12. The largest absolute Gasteiger partial charge is 0.392 e. The maximum absolute atomic E-state index is 9.27. The molecule has 0 aliphatic rings. The van der Waals surface area contributed by atoms with E-state index < -0.39 is 0 Å². The second kappa shape index (κ2) is 6.25. The monoisotopic (exact) mass is 256 g/mol. The van der Waals surface area contributed by atoms with Crippen molar-refractivity contribution in [3.05, 3.63) is 59.7 Å². The SMILES string of the molecule is CN(C)c1ccc(CNc2ccccc2CO)cc1. The van der Waals surface area contributed by atoms with Crippen molar-refractivity contribution in [3.8, 4) is 0 Å². The fourth-order valence-electron chi connectivity index (χ4n) is 1.94. The van der Waals surface area contributed by atoms with Gasteiger partial charge >= 0.3 is 0 Å². The molecule has 0 heterocycles. The minimum absolute atomic E-state index is 0.0583. The lowest BCUT2D eigenvalue weighted by atomic mass is 10.1. The summed E-state index contributed by atoms with van der Waals surface area (Å²) in [6.07, 6.45) is 0. The molecule has 0 fully saturated rings. The van der Waals surface area contributed by atoms with E-state index in [1.54, 1.807) is 0 Å². The molecule has 0 atom stereocenters. The molecule has 0 amide bonds. The third-order valence-corrected chi connectivity index (χ3v) is 3.12. The van der Waals surface area contributed by atoms with Gasteiger partial charge < -0.3 is 15.3 Å². The van der Waals surface area contributed by atoms with Crippen LogP contribution in [0, 0.1) is 0 Å². The summed E-state index contributed by atoms with van der Waals surface area (Å²) in [5, 5.41) is 12.6. The topological polar surface area (TPSA) is 35.5 Å². The van der Waals surface area contributed by atoms with E-state index in [0.29, 0.717) is 0 Å². The zero-order valence-corrected chi connectivity index (χ0v) is 11.4. The van der Waals surface area contributed by atoms with E-state index in [1.165, 1.54) is 11.3 Å². The maximum atomic E-state index is 9.27. The van der Waals surface area contributed by atoms with Crippen molar-refractivity contribution in [2.24, 2.45) is 0 Å². The number of nitrogens with zero attached hydrogens (tertiary/aromatic N) is 1. The van der Waals surface area contributed by atoms with Gasteiger partial charge in [0.25, 0.3) is 0 Å². The smallest absolute Gasteiger partial charge is 0.0701 e. The molecule has 0 radical (unpaired) electrons. The van der Waals surface area contributed by atoms with E-state index in [-0.39, 0.29) is 6.61 Å². The lowest BCUT2D eigenvalue weighted by Gasteiger charge is -2.14. The van der Waals surface area contributed by atoms with Crippen LogP contribution in [0.15, 0.2) is 48.5 Å². The van der Waals surface area contributed by atoms with Crippen LogP contribution in [0.5, 0.6) is 0 Å². The summed E-state index contributed by atoms with van der Waals surface area (Å²) in [6.45, 7) is 0.813. The van der Waals surface area contributed by atoms with Crippen LogP contribution in [0.4, 0.5) is 11.4 Å². The first-order chi connectivity index (χ1) is 9.20. The molecule has 0 unspecified atom stereocenters. The van der Waals surface area contributed by atoms with Gasteiger partial charge in [-0.1, -0.05) is 30.3 Å². The fraction of sp³-hybridized carbons (Fsp3) is 0.250. The van der Waals surface area contributed by atoms with Crippen LogP contribution in [0.2, 0.25) is 0 Å². The molecule has 0 saturated heterocycles. The minimum atomic E-state index is 0.0583. The number of nitrogens with one attached hydrogen (secondary N) is 1. The Kier molecular flexibility index (Phi) is 4.42. The van der Waals surface area contributed by atoms with Crippen molar-refractivity contribution in [2.45, 2.75) is 13.2 Å². The van der Waals surface area contributed by atoms with Crippen molar-refractivity contribution >= 4 is 11.4 Å². The summed E-state index contributed by atoms with van der Waals surface area (Å²) in [7, 11) is 4.06. The summed E-state index contributed by atoms with van der Waals surface area (Å²) in [5.74, 6) is 0. The zero-order chi connectivity index (χ0) is 13.7. The zero-order valence-electron chi connectivity index (χ0n) is 11.4. The van der Waals surface area contributed by atoms with Crippen molar-refractivity contribution in [2.75, 3.05) is 24.3 Å². The van der Waals surface area contributed by atoms with Crippen LogP contribution in [0.1, 0.15) is 11.1 Å². The van der Waals surface area contributed by atoms with Gasteiger partial charge in [-0.05, 0) is 23.8 Å². The average Bonchev–Trinajstić information content (AvgIpc) is 2.45. The Morgan fingerprint density at radius 3 is 2.32 bits per heavy atom. The molecular formula is C16H20N2O. The van der Waals surface area contributed by atoms with Gasteiger partial charge in [-0.25, -0.2) is 0 Å². The van der Waals surface area contributed by atoms with Gasteiger partial charge in [-0.3, -0.25) is 0 Å². The quantitative estimate of drug-likeness (QED) is 0.863. The number of rotatable bonds is 5. The van der Waals surface area contributed by atoms with Gasteiger partial charge in [-0.15, -0.1) is 0 Å². The molecule has 100 valence electrons. The van der Waals surface area contributed by atoms with Gasteiger partial charge in [0.1, 0.15) is 0 Å². The molecule has 0 aliphatic carbocycles. The van der Waals surface area contributed by atoms with E-state index in [2.05, 4.69) is 34.5 Å². The van der Waals surface area contributed by atoms with Gasteiger partial charge in [0.2, 0.25) is 0 Å². The molecule has 0 bridgehead atoms. The molecule has 3 heteroatoms. The summed E-state index contributed by atoms with van der Waals surface area (Å²) in [6, 6.07) is 16.3. The van der Waals surface area contributed by atoms with Crippen molar-refractivity contribution in [1.29, 1.82) is 0 Å². The molecule has 0 aliphatic heterocycles. The number of aliphatic hydroxyl groups excluding tert-OH is 1.